The van der Waals surface area contributed by atoms with Crippen molar-refractivity contribution in [2.24, 2.45) is 0 Å². The van der Waals surface area contributed by atoms with E-state index in [1.165, 1.54) is 43.5 Å². The van der Waals surface area contributed by atoms with Crippen molar-refractivity contribution in [1.82, 2.24) is 0 Å². The third kappa shape index (κ3) is 2.78. The van der Waals surface area contributed by atoms with E-state index in [1.54, 1.807) is 0 Å². The Morgan fingerprint density at radius 3 is 2.24 bits per heavy atom. The van der Waals surface area contributed by atoms with Gasteiger partial charge in [-0.15, -0.1) is 0 Å². The first-order valence-corrected chi connectivity index (χ1v) is 6.96. The van der Waals surface area contributed by atoms with Gasteiger partial charge in [-0.1, -0.05) is 0 Å². The Balaban J connectivity index is 2.28. The van der Waals surface area contributed by atoms with Crippen LogP contribution in [0.25, 0.3) is 22.3 Å². The lowest BCUT2D eigenvalue weighted by atomic mass is 10.1. The van der Waals surface area contributed by atoms with Gasteiger partial charge in [0.25, 0.3) is 5.69 Å². The summed E-state index contributed by atoms with van der Waals surface area (Å²) in [6.45, 7) is 0. The molecule has 0 N–H and O–H groups in total. The van der Waals surface area contributed by atoms with Gasteiger partial charge in [-0.05, 0) is 18.2 Å². The molecule has 0 bridgehead atoms. The fourth-order valence-electron chi connectivity index (χ4n) is 2.42. The van der Waals surface area contributed by atoms with E-state index >= 15 is 0 Å². The van der Waals surface area contributed by atoms with Crippen LogP contribution in [0.4, 0.5) is 11.4 Å². The minimum absolute atomic E-state index is 0.0395. The number of rotatable bonds is 4. The van der Waals surface area contributed by atoms with E-state index in [2.05, 4.69) is 0 Å². The molecule has 0 saturated heterocycles. The van der Waals surface area contributed by atoms with Crippen molar-refractivity contribution in [2.75, 3.05) is 7.11 Å². The molecular weight excluding hydrogens is 332 g/mol. The normalized spacial score (nSPS) is 10.6. The number of methoxy groups -OCH3 is 1. The molecule has 25 heavy (non-hydrogen) atoms. The minimum atomic E-state index is -0.662. The first kappa shape index (κ1) is 16.1. The number of nitro groups is 2. The molecule has 0 atom stereocenters. The van der Waals surface area contributed by atoms with Crippen LogP contribution in [0.1, 0.15) is 0 Å². The van der Waals surface area contributed by atoms with Gasteiger partial charge in [0.1, 0.15) is 16.9 Å². The highest BCUT2D eigenvalue weighted by Crippen LogP contribution is 2.33. The van der Waals surface area contributed by atoms with Gasteiger partial charge in [0.2, 0.25) is 5.58 Å². The number of hydrogen-bond donors (Lipinski definition) is 0. The molecule has 0 fully saturated rings. The highest BCUT2D eigenvalue weighted by Gasteiger charge is 2.21. The summed E-state index contributed by atoms with van der Waals surface area (Å²) in [6.07, 6.45) is 0. The average Bonchev–Trinajstić information content (AvgIpc) is 2.60. The van der Waals surface area contributed by atoms with Crippen LogP contribution in [0.2, 0.25) is 0 Å². The summed E-state index contributed by atoms with van der Waals surface area (Å²) in [6, 6.07) is 8.96. The molecule has 0 amide bonds. The van der Waals surface area contributed by atoms with Gasteiger partial charge >= 0.3 is 5.69 Å². The van der Waals surface area contributed by atoms with E-state index in [0.717, 1.165) is 6.07 Å². The van der Waals surface area contributed by atoms with Crippen molar-refractivity contribution < 1.29 is 19.0 Å². The van der Waals surface area contributed by atoms with Gasteiger partial charge in [-0.25, -0.2) is 0 Å². The van der Waals surface area contributed by atoms with Gasteiger partial charge in [-0.2, -0.15) is 0 Å². The maximum Gasteiger partial charge on any atom is 0.312 e. The fourth-order valence-corrected chi connectivity index (χ4v) is 2.42. The fraction of sp³-hybridized carbons (Fsp3) is 0.0625. The van der Waals surface area contributed by atoms with Crippen LogP contribution in [0.15, 0.2) is 51.7 Å². The summed E-state index contributed by atoms with van der Waals surface area (Å²) in [7, 11) is 1.34. The highest BCUT2D eigenvalue weighted by atomic mass is 16.6. The molecule has 0 saturated carbocycles. The van der Waals surface area contributed by atoms with Crippen LogP contribution in [0.3, 0.4) is 0 Å². The van der Waals surface area contributed by atoms with Crippen molar-refractivity contribution in [1.29, 1.82) is 0 Å². The molecule has 3 rings (SSSR count). The molecule has 9 nitrogen and oxygen atoms in total. The molecule has 0 aliphatic carbocycles. The Labute approximate surface area is 139 Å². The zero-order valence-corrected chi connectivity index (χ0v) is 12.8. The molecule has 0 radical (unpaired) electrons. The van der Waals surface area contributed by atoms with E-state index in [9.17, 15) is 25.0 Å². The second kappa shape index (κ2) is 6.04. The Kier molecular flexibility index (Phi) is 3.89. The number of nitro benzene ring substituents is 2. The van der Waals surface area contributed by atoms with Crippen LogP contribution in [-0.4, -0.2) is 17.0 Å². The number of nitrogens with zero attached hydrogens (tertiary/aromatic N) is 2. The third-order valence-corrected chi connectivity index (χ3v) is 3.60. The molecule has 0 aliphatic heterocycles. The zero-order valence-electron chi connectivity index (χ0n) is 12.8. The zero-order chi connectivity index (χ0) is 18.1. The van der Waals surface area contributed by atoms with E-state index in [0.29, 0.717) is 5.56 Å². The summed E-state index contributed by atoms with van der Waals surface area (Å²) >= 11 is 0. The molecule has 2 aromatic carbocycles. The maximum atomic E-state index is 12.4. The van der Waals surface area contributed by atoms with Crippen molar-refractivity contribution in [3.05, 3.63) is 72.9 Å². The molecule has 1 aromatic heterocycles. The monoisotopic (exact) mass is 342 g/mol. The predicted octanol–water partition coefficient (Wildman–Crippen LogP) is 3.29. The Morgan fingerprint density at radius 1 is 1.00 bits per heavy atom. The number of fused-ring (bicyclic) bond motifs is 1. The Bertz CT molecular complexity index is 1050. The molecule has 0 aliphatic rings. The third-order valence-electron chi connectivity index (χ3n) is 3.60. The van der Waals surface area contributed by atoms with Crippen LogP contribution < -0.4 is 10.2 Å². The maximum absolute atomic E-state index is 12.4. The number of benzene rings is 2. The van der Waals surface area contributed by atoms with Gasteiger partial charge < -0.3 is 9.15 Å². The SMILES string of the molecule is COc1ccc([N+](=O)[O-])c2oc(-c3ccc([N+](=O)[O-])cc3)cc(=O)c12. The van der Waals surface area contributed by atoms with Crippen LogP contribution in [0.5, 0.6) is 5.75 Å². The van der Waals surface area contributed by atoms with E-state index in [-0.39, 0.29) is 33.9 Å². The summed E-state index contributed by atoms with van der Waals surface area (Å²) in [5, 5.41) is 21.9. The lowest BCUT2D eigenvalue weighted by molar-refractivity contribution is -0.384. The molecule has 3 aromatic rings. The van der Waals surface area contributed by atoms with Gasteiger partial charge in [0.05, 0.1) is 17.0 Å². The first-order chi connectivity index (χ1) is 11.9. The predicted molar refractivity (Wildman–Crippen MR) is 87.8 cm³/mol. The summed E-state index contributed by atoms with van der Waals surface area (Å²) in [5.41, 5.74) is -0.863. The quantitative estimate of drug-likeness (QED) is 0.526. The minimum Gasteiger partial charge on any atom is -0.496 e. The van der Waals surface area contributed by atoms with Crippen LogP contribution >= 0.6 is 0 Å². The Hall–Kier alpha value is -3.75. The van der Waals surface area contributed by atoms with Gasteiger partial charge in [-0.3, -0.25) is 25.0 Å². The Morgan fingerprint density at radius 2 is 1.68 bits per heavy atom. The largest absolute Gasteiger partial charge is 0.496 e. The molecule has 0 spiro atoms. The number of non-ortho nitro benzene ring substituents is 2. The highest BCUT2D eigenvalue weighted by molar-refractivity contribution is 5.91. The molecule has 1 heterocycles. The summed E-state index contributed by atoms with van der Waals surface area (Å²) < 4.78 is 10.6. The smallest absolute Gasteiger partial charge is 0.312 e. The molecule has 126 valence electrons. The number of hydrogen-bond acceptors (Lipinski definition) is 7. The van der Waals surface area contributed by atoms with Gasteiger partial charge in [0.15, 0.2) is 5.43 Å². The summed E-state index contributed by atoms with van der Waals surface area (Å²) in [5.74, 6) is 0.216. The second-order valence-corrected chi connectivity index (χ2v) is 5.03. The van der Waals surface area contributed by atoms with Crippen LogP contribution in [0, 0.1) is 20.2 Å². The topological polar surface area (TPSA) is 126 Å². The van der Waals surface area contributed by atoms with Gasteiger partial charge in [0, 0.05) is 29.8 Å². The molecule has 0 unspecified atom stereocenters. The van der Waals surface area contributed by atoms with Crippen molar-refractivity contribution >= 4 is 22.3 Å². The second-order valence-electron chi connectivity index (χ2n) is 5.03. The van der Waals surface area contributed by atoms with Crippen molar-refractivity contribution in [3.8, 4) is 17.1 Å². The lowest BCUT2D eigenvalue weighted by Crippen LogP contribution is -2.04. The van der Waals surface area contributed by atoms with Crippen molar-refractivity contribution in [2.45, 2.75) is 0 Å². The molecule has 9 heteroatoms. The summed E-state index contributed by atoms with van der Waals surface area (Å²) in [4.78, 5) is 33.1. The standard InChI is InChI=1S/C16H10N2O7/c1-24-13-7-6-11(18(22)23)16-15(13)12(19)8-14(25-16)9-2-4-10(5-3-9)17(20)21/h2-8H,1H3. The van der Waals surface area contributed by atoms with Crippen LogP contribution in [-0.2, 0) is 0 Å². The van der Waals surface area contributed by atoms with E-state index in [4.69, 9.17) is 9.15 Å². The lowest BCUT2D eigenvalue weighted by Gasteiger charge is -2.07. The van der Waals surface area contributed by atoms with E-state index < -0.39 is 15.3 Å². The van der Waals surface area contributed by atoms with Crippen molar-refractivity contribution in [3.63, 3.8) is 0 Å². The van der Waals surface area contributed by atoms with E-state index in [1.807, 2.05) is 0 Å². The molecular formula is C16H10N2O7. The first-order valence-electron chi connectivity index (χ1n) is 6.96. The average molecular weight is 342 g/mol. The number of ether oxygens (including phenoxy) is 1.